The molecule has 128 valence electrons. The van der Waals surface area contributed by atoms with Gasteiger partial charge in [0, 0.05) is 22.3 Å². The van der Waals surface area contributed by atoms with E-state index < -0.39 is 11.7 Å². The number of aryl methyl sites for hydroxylation is 2. The molecule has 0 fully saturated rings. The number of anilines is 1. The molecule has 0 saturated carbocycles. The molecule has 0 saturated heterocycles. The number of nitrogens with zero attached hydrogens (tertiary/aromatic N) is 3. The van der Waals surface area contributed by atoms with Crippen LogP contribution in [0.25, 0.3) is 11.3 Å². The van der Waals surface area contributed by atoms with Crippen molar-refractivity contribution in [1.29, 1.82) is 0 Å². The number of thiazole rings is 1. The third-order valence-electron chi connectivity index (χ3n) is 3.85. The summed E-state index contributed by atoms with van der Waals surface area (Å²) in [5, 5.41) is 5.17. The summed E-state index contributed by atoms with van der Waals surface area (Å²) in [6.07, 6.45) is 0. The average Bonchev–Trinajstić information content (AvgIpc) is 3.03. The molecule has 1 unspecified atom stereocenters. The lowest BCUT2D eigenvalue weighted by molar-refractivity contribution is -0.118. The van der Waals surface area contributed by atoms with Crippen molar-refractivity contribution in [3.8, 4) is 11.3 Å². The summed E-state index contributed by atoms with van der Waals surface area (Å²) >= 11 is 1.35. The van der Waals surface area contributed by atoms with Crippen molar-refractivity contribution in [1.82, 2.24) is 14.5 Å². The molecule has 25 heavy (non-hydrogen) atoms. The van der Waals surface area contributed by atoms with Crippen LogP contribution < -0.4 is 11.0 Å². The third kappa shape index (κ3) is 3.66. The van der Waals surface area contributed by atoms with Gasteiger partial charge in [0.1, 0.15) is 6.04 Å². The van der Waals surface area contributed by atoms with Crippen LogP contribution in [0.3, 0.4) is 0 Å². The molecule has 0 spiro atoms. The van der Waals surface area contributed by atoms with E-state index in [9.17, 15) is 9.59 Å². The largest absolute Gasteiger partial charge is 0.348 e. The molecule has 1 N–H and O–H groups in total. The Morgan fingerprint density at radius 1 is 1.20 bits per heavy atom. The molecular formula is C18H18N4O2S. The minimum Gasteiger partial charge on any atom is -0.300 e. The number of nitrogens with one attached hydrogen (secondary N) is 1. The molecule has 1 aromatic carbocycles. The van der Waals surface area contributed by atoms with E-state index in [0.717, 1.165) is 11.3 Å². The lowest BCUT2D eigenvalue weighted by Crippen LogP contribution is -2.34. The van der Waals surface area contributed by atoms with Gasteiger partial charge in [0.15, 0.2) is 5.13 Å². The lowest BCUT2D eigenvalue weighted by Gasteiger charge is -2.16. The van der Waals surface area contributed by atoms with Crippen LogP contribution in [0.4, 0.5) is 5.13 Å². The molecule has 0 aliphatic rings. The fourth-order valence-corrected chi connectivity index (χ4v) is 3.35. The number of amides is 1. The van der Waals surface area contributed by atoms with Crippen molar-refractivity contribution in [2.45, 2.75) is 26.8 Å². The van der Waals surface area contributed by atoms with E-state index in [1.807, 2.05) is 35.7 Å². The van der Waals surface area contributed by atoms with Gasteiger partial charge in [0.2, 0.25) is 5.91 Å². The summed E-state index contributed by atoms with van der Waals surface area (Å²) in [5.74, 6) is -0.301. The first-order chi connectivity index (χ1) is 12.0. The predicted molar refractivity (Wildman–Crippen MR) is 98.9 cm³/mol. The summed E-state index contributed by atoms with van der Waals surface area (Å²) in [6.45, 7) is 5.22. The minimum absolute atomic E-state index is 0.301. The maximum atomic E-state index is 12.5. The van der Waals surface area contributed by atoms with Crippen LogP contribution in [0.2, 0.25) is 0 Å². The van der Waals surface area contributed by atoms with Crippen LogP contribution in [-0.2, 0) is 4.79 Å². The highest BCUT2D eigenvalue weighted by molar-refractivity contribution is 7.14. The van der Waals surface area contributed by atoms with Crippen molar-refractivity contribution in [3.63, 3.8) is 0 Å². The lowest BCUT2D eigenvalue weighted by atomic mass is 10.2. The minimum atomic E-state index is -0.676. The molecule has 7 heteroatoms. The summed E-state index contributed by atoms with van der Waals surface area (Å²) in [7, 11) is 0. The van der Waals surface area contributed by atoms with E-state index in [4.69, 9.17) is 0 Å². The number of hydrogen-bond donors (Lipinski definition) is 1. The van der Waals surface area contributed by atoms with Crippen molar-refractivity contribution in [2.75, 3.05) is 5.32 Å². The second kappa shape index (κ2) is 6.98. The van der Waals surface area contributed by atoms with E-state index in [0.29, 0.717) is 16.5 Å². The van der Waals surface area contributed by atoms with E-state index in [1.165, 1.54) is 15.9 Å². The monoisotopic (exact) mass is 354 g/mol. The van der Waals surface area contributed by atoms with Crippen molar-refractivity contribution in [2.24, 2.45) is 0 Å². The Bertz CT molecular complexity index is 963. The highest BCUT2D eigenvalue weighted by atomic mass is 32.1. The first kappa shape index (κ1) is 17.0. The Balaban J connectivity index is 1.79. The van der Waals surface area contributed by atoms with E-state index in [1.54, 1.807) is 26.8 Å². The number of aromatic nitrogens is 3. The maximum absolute atomic E-state index is 12.5. The van der Waals surface area contributed by atoms with Crippen LogP contribution in [-0.4, -0.2) is 20.4 Å². The fraction of sp³-hybridized carbons (Fsp3) is 0.222. The molecule has 2 heterocycles. The molecule has 6 nitrogen and oxygen atoms in total. The number of hydrogen-bond acceptors (Lipinski definition) is 5. The molecule has 3 rings (SSSR count). The van der Waals surface area contributed by atoms with Gasteiger partial charge in [-0.3, -0.25) is 9.36 Å². The second-order valence-corrected chi connectivity index (χ2v) is 6.62. The van der Waals surface area contributed by atoms with Crippen LogP contribution in [0.1, 0.15) is 24.4 Å². The van der Waals surface area contributed by atoms with Gasteiger partial charge in [-0.05, 0) is 26.8 Å². The van der Waals surface area contributed by atoms with Crippen molar-refractivity contribution in [3.05, 3.63) is 63.7 Å². The summed E-state index contributed by atoms with van der Waals surface area (Å²) < 4.78 is 1.38. The Kier molecular flexibility index (Phi) is 4.76. The van der Waals surface area contributed by atoms with Crippen molar-refractivity contribution >= 4 is 22.4 Å². The quantitative estimate of drug-likeness (QED) is 0.781. The van der Waals surface area contributed by atoms with E-state index in [-0.39, 0.29) is 5.91 Å². The Morgan fingerprint density at radius 2 is 1.92 bits per heavy atom. The maximum Gasteiger partial charge on any atom is 0.348 e. The molecule has 0 radical (unpaired) electrons. The SMILES string of the molecule is Cc1cc(C)n(C(C)C(=O)Nc2nc(-c3ccccc3)cs2)c(=O)n1. The molecule has 0 aliphatic carbocycles. The van der Waals surface area contributed by atoms with Gasteiger partial charge in [-0.15, -0.1) is 11.3 Å². The first-order valence-electron chi connectivity index (χ1n) is 7.84. The van der Waals surface area contributed by atoms with Gasteiger partial charge in [-0.2, -0.15) is 4.98 Å². The Hall–Kier alpha value is -2.80. The van der Waals surface area contributed by atoms with Crippen LogP contribution in [0.5, 0.6) is 0 Å². The summed E-state index contributed by atoms with van der Waals surface area (Å²) in [4.78, 5) is 33.0. The molecule has 0 bridgehead atoms. The molecule has 1 atom stereocenters. The zero-order valence-corrected chi connectivity index (χ0v) is 15.0. The molecule has 0 aliphatic heterocycles. The topological polar surface area (TPSA) is 76.9 Å². The highest BCUT2D eigenvalue weighted by Gasteiger charge is 2.20. The second-order valence-electron chi connectivity index (χ2n) is 5.76. The first-order valence-corrected chi connectivity index (χ1v) is 8.72. The highest BCUT2D eigenvalue weighted by Crippen LogP contribution is 2.25. The predicted octanol–water partition coefficient (Wildman–Crippen LogP) is 3.18. The fourth-order valence-electron chi connectivity index (χ4n) is 2.63. The third-order valence-corrected chi connectivity index (χ3v) is 4.60. The molecule has 1 amide bonds. The number of rotatable bonds is 4. The van der Waals surface area contributed by atoms with Crippen LogP contribution in [0.15, 0.2) is 46.6 Å². The Morgan fingerprint density at radius 3 is 2.60 bits per heavy atom. The molecular weight excluding hydrogens is 336 g/mol. The smallest absolute Gasteiger partial charge is 0.300 e. The summed E-state index contributed by atoms with van der Waals surface area (Å²) in [6, 6.07) is 10.8. The van der Waals surface area contributed by atoms with E-state index in [2.05, 4.69) is 15.3 Å². The van der Waals surface area contributed by atoms with Crippen molar-refractivity contribution < 1.29 is 4.79 Å². The van der Waals surface area contributed by atoms with Crippen LogP contribution in [0, 0.1) is 13.8 Å². The number of benzene rings is 1. The van der Waals surface area contributed by atoms with Gasteiger partial charge in [-0.25, -0.2) is 9.78 Å². The number of carbonyl (C=O) groups is 1. The van der Waals surface area contributed by atoms with Gasteiger partial charge in [-0.1, -0.05) is 30.3 Å². The van der Waals surface area contributed by atoms with Gasteiger partial charge < -0.3 is 5.32 Å². The van der Waals surface area contributed by atoms with Crippen LogP contribution >= 0.6 is 11.3 Å². The number of carbonyl (C=O) groups excluding carboxylic acids is 1. The normalized spacial score (nSPS) is 12.0. The standard InChI is InChI=1S/C18H18N4O2S/c1-11-9-12(2)22(18(24)19-11)13(3)16(23)21-17-20-15(10-25-17)14-7-5-4-6-8-14/h4-10,13H,1-3H3,(H,20,21,23). The average molecular weight is 354 g/mol. The van der Waals surface area contributed by atoms with E-state index >= 15 is 0 Å². The zero-order valence-electron chi connectivity index (χ0n) is 14.2. The van der Waals surface area contributed by atoms with Gasteiger partial charge in [0.05, 0.1) is 5.69 Å². The summed E-state index contributed by atoms with van der Waals surface area (Å²) in [5.41, 5.74) is 2.70. The zero-order chi connectivity index (χ0) is 18.0. The van der Waals surface area contributed by atoms with Gasteiger partial charge in [0.25, 0.3) is 0 Å². The molecule has 3 aromatic rings. The van der Waals surface area contributed by atoms with Gasteiger partial charge >= 0.3 is 5.69 Å². The Labute approximate surface area is 149 Å². The molecule has 2 aromatic heterocycles.